The number of aryl methyl sites for hydroxylation is 1. The summed E-state index contributed by atoms with van der Waals surface area (Å²) in [7, 11) is 0. The van der Waals surface area contributed by atoms with Gasteiger partial charge in [0, 0.05) is 24.9 Å². The van der Waals surface area contributed by atoms with E-state index < -0.39 is 0 Å². The van der Waals surface area contributed by atoms with Crippen LogP contribution in [0.5, 0.6) is 0 Å². The number of ketones is 1. The van der Waals surface area contributed by atoms with Gasteiger partial charge in [-0.25, -0.2) is 0 Å². The molecule has 0 aromatic heterocycles. The van der Waals surface area contributed by atoms with Crippen molar-refractivity contribution >= 4 is 5.78 Å². The third-order valence-electron chi connectivity index (χ3n) is 3.21. The maximum Gasteiger partial charge on any atom is 0.136 e. The van der Waals surface area contributed by atoms with Crippen molar-refractivity contribution in [3.05, 3.63) is 35.4 Å². The van der Waals surface area contributed by atoms with E-state index in [1.807, 2.05) is 12.1 Å². The van der Waals surface area contributed by atoms with E-state index in [9.17, 15) is 4.79 Å². The van der Waals surface area contributed by atoms with Crippen molar-refractivity contribution in [2.24, 2.45) is 0 Å². The maximum atomic E-state index is 11.5. The number of hydrogen-bond acceptors (Lipinski definition) is 2. The quantitative estimate of drug-likeness (QED) is 0.757. The lowest BCUT2D eigenvalue weighted by molar-refractivity contribution is -0.122. The van der Waals surface area contributed by atoms with Crippen LogP contribution in [0.4, 0.5) is 0 Å². The third-order valence-corrected chi connectivity index (χ3v) is 3.21. The highest BCUT2D eigenvalue weighted by Gasteiger charge is 2.33. The smallest absolute Gasteiger partial charge is 0.136 e. The van der Waals surface area contributed by atoms with Crippen LogP contribution in [0.3, 0.4) is 0 Å². The molecule has 1 heterocycles. The van der Waals surface area contributed by atoms with Gasteiger partial charge < -0.3 is 5.32 Å². The van der Waals surface area contributed by atoms with E-state index in [-0.39, 0.29) is 5.54 Å². The summed E-state index contributed by atoms with van der Waals surface area (Å²) in [5.74, 6) is 0.361. The lowest BCUT2D eigenvalue weighted by atomic mass is 9.81. The van der Waals surface area contributed by atoms with Gasteiger partial charge in [-0.05, 0) is 25.0 Å². The van der Waals surface area contributed by atoms with Gasteiger partial charge in [0.1, 0.15) is 5.78 Å². The van der Waals surface area contributed by atoms with Crippen molar-refractivity contribution in [1.29, 1.82) is 0 Å². The minimum Gasteiger partial charge on any atom is -0.307 e. The molecule has 1 aromatic carbocycles. The Morgan fingerprint density at radius 1 is 1.33 bits per heavy atom. The Hall–Kier alpha value is -1.15. The zero-order chi connectivity index (χ0) is 10.9. The van der Waals surface area contributed by atoms with Crippen LogP contribution < -0.4 is 5.32 Å². The predicted molar refractivity (Wildman–Crippen MR) is 60.8 cm³/mol. The van der Waals surface area contributed by atoms with E-state index >= 15 is 0 Å². The Kier molecular flexibility index (Phi) is 2.61. The molecule has 2 heteroatoms. The molecule has 1 fully saturated rings. The first-order chi connectivity index (χ1) is 7.12. The first-order valence-electron chi connectivity index (χ1n) is 5.45. The van der Waals surface area contributed by atoms with E-state index in [1.54, 1.807) is 0 Å². The van der Waals surface area contributed by atoms with Gasteiger partial charge >= 0.3 is 0 Å². The van der Waals surface area contributed by atoms with Gasteiger partial charge in [-0.1, -0.05) is 24.3 Å². The van der Waals surface area contributed by atoms with Crippen LogP contribution >= 0.6 is 0 Å². The molecule has 15 heavy (non-hydrogen) atoms. The molecule has 1 unspecified atom stereocenters. The number of piperidine rings is 1. The molecule has 0 bridgehead atoms. The van der Waals surface area contributed by atoms with Gasteiger partial charge in [-0.15, -0.1) is 0 Å². The zero-order valence-electron chi connectivity index (χ0n) is 9.34. The highest BCUT2D eigenvalue weighted by molar-refractivity contribution is 5.81. The second-order valence-electron chi connectivity index (χ2n) is 4.54. The molecular weight excluding hydrogens is 186 g/mol. The molecule has 1 N–H and O–H groups in total. The van der Waals surface area contributed by atoms with Gasteiger partial charge in [-0.2, -0.15) is 0 Å². The standard InChI is InChI=1S/C13H17NO/c1-10-5-3-4-6-12(10)13(2)9-11(15)7-8-14-13/h3-6,14H,7-9H2,1-2H3. The number of nitrogens with one attached hydrogen (secondary N) is 1. The van der Waals surface area contributed by atoms with Crippen molar-refractivity contribution in [3.8, 4) is 0 Å². The van der Waals surface area contributed by atoms with E-state index in [4.69, 9.17) is 0 Å². The predicted octanol–water partition coefficient (Wildman–Crippen LogP) is 2.16. The van der Waals surface area contributed by atoms with Crippen LogP contribution in [0, 0.1) is 6.92 Å². The lowest BCUT2D eigenvalue weighted by Gasteiger charge is -2.35. The molecule has 0 saturated carbocycles. The summed E-state index contributed by atoms with van der Waals surface area (Å²) >= 11 is 0. The molecular formula is C13H17NO. The summed E-state index contributed by atoms with van der Waals surface area (Å²) in [6.45, 7) is 5.01. The summed E-state index contributed by atoms with van der Waals surface area (Å²) in [4.78, 5) is 11.5. The molecule has 1 saturated heterocycles. The van der Waals surface area contributed by atoms with Crippen LogP contribution in [-0.2, 0) is 10.3 Å². The molecule has 0 spiro atoms. The van der Waals surface area contributed by atoms with Gasteiger partial charge in [0.2, 0.25) is 0 Å². The summed E-state index contributed by atoms with van der Waals surface area (Å²) < 4.78 is 0. The fourth-order valence-corrected chi connectivity index (χ4v) is 2.41. The van der Waals surface area contributed by atoms with Gasteiger partial charge in [0.25, 0.3) is 0 Å². The molecule has 0 amide bonds. The van der Waals surface area contributed by atoms with Gasteiger partial charge in [0.15, 0.2) is 0 Å². The highest BCUT2D eigenvalue weighted by atomic mass is 16.1. The molecule has 2 rings (SSSR count). The molecule has 1 aromatic rings. The topological polar surface area (TPSA) is 29.1 Å². The number of Topliss-reactive ketones (excluding diaryl/α,β-unsaturated/α-hetero) is 1. The maximum absolute atomic E-state index is 11.5. The summed E-state index contributed by atoms with van der Waals surface area (Å²) in [6.07, 6.45) is 1.28. The largest absolute Gasteiger partial charge is 0.307 e. The fourth-order valence-electron chi connectivity index (χ4n) is 2.41. The van der Waals surface area contributed by atoms with E-state index in [0.717, 1.165) is 6.54 Å². The molecule has 80 valence electrons. The van der Waals surface area contributed by atoms with Crippen molar-refractivity contribution in [3.63, 3.8) is 0 Å². The van der Waals surface area contributed by atoms with Crippen LogP contribution in [0.15, 0.2) is 24.3 Å². The third kappa shape index (κ3) is 1.95. The van der Waals surface area contributed by atoms with Gasteiger partial charge in [0.05, 0.1) is 0 Å². The van der Waals surface area contributed by atoms with E-state index in [2.05, 4.69) is 31.3 Å². The minimum absolute atomic E-state index is 0.166. The molecule has 1 atom stereocenters. The Balaban J connectivity index is 2.36. The fraction of sp³-hybridized carbons (Fsp3) is 0.462. The molecule has 1 aliphatic rings. The number of rotatable bonds is 1. The Bertz CT molecular complexity index is 386. The molecule has 0 radical (unpaired) electrons. The summed E-state index contributed by atoms with van der Waals surface area (Å²) in [6, 6.07) is 8.28. The normalized spacial score (nSPS) is 26.7. The summed E-state index contributed by atoms with van der Waals surface area (Å²) in [5.41, 5.74) is 2.33. The Labute approximate surface area is 90.7 Å². The average Bonchev–Trinajstić information content (AvgIpc) is 2.17. The number of carbonyl (C=O) groups excluding carboxylic acids is 1. The minimum atomic E-state index is -0.166. The first-order valence-corrected chi connectivity index (χ1v) is 5.45. The van der Waals surface area contributed by atoms with Gasteiger partial charge in [-0.3, -0.25) is 4.79 Å². The number of benzene rings is 1. The number of carbonyl (C=O) groups is 1. The molecule has 0 aliphatic carbocycles. The number of hydrogen-bond donors (Lipinski definition) is 1. The Morgan fingerprint density at radius 3 is 2.73 bits per heavy atom. The SMILES string of the molecule is Cc1ccccc1C1(C)CC(=O)CCN1. The second-order valence-corrected chi connectivity index (χ2v) is 4.54. The second kappa shape index (κ2) is 3.78. The monoisotopic (exact) mass is 203 g/mol. The molecule has 1 aliphatic heterocycles. The van der Waals surface area contributed by atoms with E-state index in [1.165, 1.54) is 11.1 Å². The van der Waals surface area contributed by atoms with Crippen LogP contribution in [-0.4, -0.2) is 12.3 Å². The van der Waals surface area contributed by atoms with Crippen molar-refractivity contribution < 1.29 is 4.79 Å². The molecule has 2 nitrogen and oxygen atoms in total. The lowest BCUT2D eigenvalue weighted by Crippen LogP contribution is -2.46. The summed E-state index contributed by atoms with van der Waals surface area (Å²) in [5, 5.41) is 3.46. The van der Waals surface area contributed by atoms with Crippen LogP contribution in [0.1, 0.15) is 30.9 Å². The Morgan fingerprint density at radius 2 is 2.07 bits per heavy atom. The van der Waals surface area contributed by atoms with Crippen molar-refractivity contribution in [1.82, 2.24) is 5.32 Å². The zero-order valence-corrected chi connectivity index (χ0v) is 9.34. The highest BCUT2D eigenvalue weighted by Crippen LogP contribution is 2.30. The van der Waals surface area contributed by atoms with Crippen molar-refractivity contribution in [2.75, 3.05) is 6.54 Å². The van der Waals surface area contributed by atoms with Crippen molar-refractivity contribution in [2.45, 2.75) is 32.2 Å². The van der Waals surface area contributed by atoms with Crippen LogP contribution in [0.25, 0.3) is 0 Å². The first kappa shape index (κ1) is 10.4. The average molecular weight is 203 g/mol. The van der Waals surface area contributed by atoms with E-state index in [0.29, 0.717) is 18.6 Å². The van der Waals surface area contributed by atoms with Crippen LogP contribution in [0.2, 0.25) is 0 Å².